The third kappa shape index (κ3) is 5.31. The minimum atomic E-state index is -1.13. The molecule has 2 unspecified atom stereocenters. The predicted molar refractivity (Wildman–Crippen MR) is 93.9 cm³/mol. The van der Waals surface area contributed by atoms with Crippen molar-refractivity contribution in [2.45, 2.75) is 26.1 Å². The molecule has 0 aliphatic carbocycles. The quantitative estimate of drug-likeness (QED) is 0.433. The minimum Gasteiger partial charge on any atom is -0.445 e. The average molecular weight is 354 g/mol. The Labute approximate surface area is 146 Å². The molecular weight excluding hydrogens is 331 g/mol. The highest BCUT2D eigenvalue weighted by Gasteiger charge is 2.32. The van der Waals surface area contributed by atoms with E-state index in [4.69, 9.17) is 22.8 Å². The molecule has 2 rings (SSSR count). The molecule has 1 amide bonds. The van der Waals surface area contributed by atoms with Gasteiger partial charge in [-0.15, -0.1) is 0 Å². The van der Waals surface area contributed by atoms with Crippen molar-refractivity contribution in [1.82, 2.24) is 15.6 Å². The SMILES string of the molecule is Cc1ccc(COC(=O)N2CCC(CNC(=S)NN)C(F)C2)cc1. The van der Waals surface area contributed by atoms with Gasteiger partial charge in [0.25, 0.3) is 0 Å². The maximum atomic E-state index is 14.2. The molecule has 0 aromatic heterocycles. The zero-order chi connectivity index (χ0) is 17.5. The first-order chi connectivity index (χ1) is 11.5. The van der Waals surface area contributed by atoms with Gasteiger partial charge in [-0.3, -0.25) is 0 Å². The summed E-state index contributed by atoms with van der Waals surface area (Å²) in [6.45, 7) is 3.06. The lowest BCUT2D eigenvalue weighted by molar-refractivity contribution is 0.0526. The summed E-state index contributed by atoms with van der Waals surface area (Å²) in [7, 11) is 0. The van der Waals surface area contributed by atoms with Gasteiger partial charge in [0.05, 0.1) is 6.54 Å². The van der Waals surface area contributed by atoms with E-state index in [1.807, 2.05) is 31.2 Å². The van der Waals surface area contributed by atoms with E-state index < -0.39 is 12.3 Å². The lowest BCUT2D eigenvalue weighted by Crippen LogP contribution is -2.49. The van der Waals surface area contributed by atoms with Gasteiger partial charge in [0.2, 0.25) is 0 Å². The number of benzene rings is 1. The number of nitrogens with two attached hydrogens (primary N) is 1. The summed E-state index contributed by atoms with van der Waals surface area (Å²) >= 11 is 4.86. The number of piperidine rings is 1. The molecule has 24 heavy (non-hydrogen) atoms. The summed E-state index contributed by atoms with van der Waals surface area (Å²) in [5.41, 5.74) is 4.35. The van der Waals surface area contributed by atoms with Crippen LogP contribution in [0.25, 0.3) is 0 Å². The summed E-state index contributed by atoms with van der Waals surface area (Å²) in [5.74, 6) is 4.95. The Bertz CT molecular complexity index is 570. The van der Waals surface area contributed by atoms with E-state index in [1.54, 1.807) is 0 Å². The van der Waals surface area contributed by atoms with Crippen LogP contribution in [0, 0.1) is 12.8 Å². The fourth-order valence-electron chi connectivity index (χ4n) is 2.54. The highest BCUT2D eigenvalue weighted by Crippen LogP contribution is 2.21. The Kier molecular flexibility index (Phi) is 6.74. The van der Waals surface area contributed by atoms with E-state index in [2.05, 4.69) is 10.7 Å². The third-order valence-electron chi connectivity index (χ3n) is 4.07. The van der Waals surface area contributed by atoms with Gasteiger partial charge >= 0.3 is 6.09 Å². The van der Waals surface area contributed by atoms with Gasteiger partial charge in [-0.1, -0.05) is 29.8 Å². The van der Waals surface area contributed by atoms with Gasteiger partial charge in [-0.2, -0.15) is 0 Å². The van der Waals surface area contributed by atoms with E-state index >= 15 is 0 Å². The van der Waals surface area contributed by atoms with Gasteiger partial charge in [-0.25, -0.2) is 15.0 Å². The molecule has 1 saturated heterocycles. The van der Waals surface area contributed by atoms with Crippen molar-refractivity contribution in [3.63, 3.8) is 0 Å². The molecule has 6 nitrogen and oxygen atoms in total. The maximum Gasteiger partial charge on any atom is 0.410 e. The summed E-state index contributed by atoms with van der Waals surface area (Å²) < 4.78 is 19.5. The molecule has 0 radical (unpaired) electrons. The lowest BCUT2D eigenvalue weighted by atomic mass is 9.95. The number of amides is 1. The average Bonchev–Trinajstić information content (AvgIpc) is 2.59. The minimum absolute atomic E-state index is 0.0297. The van der Waals surface area contributed by atoms with Gasteiger partial charge in [0, 0.05) is 19.0 Å². The summed E-state index contributed by atoms with van der Waals surface area (Å²) in [6, 6.07) is 7.74. The molecule has 1 aromatic carbocycles. The van der Waals surface area contributed by atoms with Gasteiger partial charge in [0.1, 0.15) is 12.8 Å². The smallest absolute Gasteiger partial charge is 0.410 e. The molecule has 4 N–H and O–H groups in total. The fourth-order valence-corrected chi connectivity index (χ4v) is 2.63. The van der Waals surface area contributed by atoms with E-state index in [0.717, 1.165) is 11.1 Å². The van der Waals surface area contributed by atoms with E-state index in [9.17, 15) is 9.18 Å². The lowest BCUT2D eigenvalue weighted by Gasteiger charge is -2.34. The van der Waals surface area contributed by atoms with Crippen molar-refractivity contribution in [1.29, 1.82) is 0 Å². The summed E-state index contributed by atoms with van der Waals surface area (Å²) in [4.78, 5) is 13.5. The molecule has 0 spiro atoms. The zero-order valence-electron chi connectivity index (χ0n) is 13.6. The first-order valence-electron chi connectivity index (χ1n) is 7.85. The van der Waals surface area contributed by atoms with Gasteiger partial charge in [0.15, 0.2) is 5.11 Å². The molecular formula is C16H23FN4O2S. The van der Waals surface area contributed by atoms with Crippen LogP contribution in [-0.4, -0.2) is 41.9 Å². The fraction of sp³-hybridized carbons (Fsp3) is 0.500. The number of rotatable bonds is 4. The Morgan fingerprint density at radius 3 is 2.79 bits per heavy atom. The molecule has 1 heterocycles. The molecule has 1 fully saturated rings. The first-order valence-corrected chi connectivity index (χ1v) is 8.26. The van der Waals surface area contributed by atoms with Crippen molar-refractivity contribution in [2.24, 2.45) is 11.8 Å². The number of halogens is 1. The molecule has 132 valence electrons. The van der Waals surface area contributed by atoms with E-state index in [0.29, 0.717) is 19.5 Å². The number of hydrogen-bond acceptors (Lipinski definition) is 4. The first kappa shape index (κ1) is 18.4. The zero-order valence-corrected chi connectivity index (χ0v) is 14.4. The van der Waals surface area contributed by atoms with Crippen molar-refractivity contribution in [3.8, 4) is 0 Å². The second-order valence-electron chi connectivity index (χ2n) is 5.91. The van der Waals surface area contributed by atoms with Crippen LogP contribution >= 0.6 is 12.2 Å². The predicted octanol–water partition coefficient (Wildman–Crippen LogP) is 1.63. The summed E-state index contributed by atoms with van der Waals surface area (Å²) in [6.07, 6.45) is -1.07. The van der Waals surface area contributed by atoms with Gasteiger partial charge < -0.3 is 20.4 Å². The monoisotopic (exact) mass is 354 g/mol. The number of nitrogens with zero attached hydrogens (tertiary/aromatic N) is 1. The Hall–Kier alpha value is -1.93. The molecule has 1 aliphatic heterocycles. The van der Waals surface area contributed by atoms with Crippen molar-refractivity contribution >= 4 is 23.4 Å². The number of carbonyl (C=O) groups is 1. The maximum absolute atomic E-state index is 14.2. The summed E-state index contributed by atoms with van der Waals surface area (Å²) in [5, 5.41) is 3.13. The van der Waals surface area contributed by atoms with Crippen molar-refractivity contribution in [3.05, 3.63) is 35.4 Å². The van der Waals surface area contributed by atoms with Crippen LogP contribution in [-0.2, 0) is 11.3 Å². The van der Waals surface area contributed by atoms with Crippen LogP contribution in [0.4, 0.5) is 9.18 Å². The van der Waals surface area contributed by atoms with Crippen LogP contribution in [0.5, 0.6) is 0 Å². The normalized spacial score (nSPS) is 20.4. The Balaban J connectivity index is 1.76. The van der Waals surface area contributed by atoms with Crippen molar-refractivity contribution < 1.29 is 13.9 Å². The third-order valence-corrected chi connectivity index (χ3v) is 4.34. The number of aryl methyl sites for hydroxylation is 1. The van der Waals surface area contributed by atoms with Crippen LogP contribution in [0.3, 0.4) is 0 Å². The second kappa shape index (κ2) is 8.79. The molecule has 2 atom stereocenters. The highest BCUT2D eigenvalue weighted by molar-refractivity contribution is 7.80. The number of thiocarbonyl (C=S) groups is 1. The standard InChI is InChI=1S/C16H23FN4O2S/c1-11-2-4-12(5-3-11)10-23-16(22)21-7-6-13(14(17)9-21)8-19-15(24)20-18/h2-5,13-14H,6-10,18H2,1H3,(H2,19,20,24). The number of ether oxygens (including phenoxy) is 1. The molecule has 8 heteroatoms. The number of nitrogens with one attached hydrogen (secondary N) is 2. The van der Waals surface area contributed by atoms with E-state index in [1.165, 1.54) is 4.90 Å². The molecule has 0 saturated carbocycles. The van der Waals surface area contributed by atoms with Crippen LogP contribution in [0.1, 0.15) is 17.5 Å². The van der Waals surface area contributed by atoms with Crippen molar-refractivity contribution in [2.75, 3.05) is 19.6 Å². The number of hydrazine groups is 1. The second-order valence-corrected chi connectivity index (χ2v) is 6.31. The van der Waals surface area contributed by atoms with E-state index in [-0.39, 0.29) is 24.2 Å². The topological polar surface area (TPSA) is 79.6 Å². The molecule has 1 aliphatic rings. The Morgan fingerprint density at radius 2 is 2.17 bits per heavy atom. The van der Waals surface area contributed by atoms with Gasteiger partial charge in [-0.05, 0) is 31.1 Å². The van der Waals surface area contributed by atoms with Crippen LogP contribution in [0.15, 0.2) is 24.3 Å². The molecule has 0 bridgehead atoms. The van der Waals surface area contributed by atoms with Crippen LogP contribution in [0.2, 0.25) is 0 Å². The number of alkyl halides is 1. The number of hydrogen-bond donors (Lipinski definition) is 3. The largest absolute Gasteiger partial charge is 0.445 e. The number of carbonyl (C=O) groups excluding carboxylic acids is 1. The molecule has 1 aromatic rings. The number of likely N-dealkylation sites (tertiary alicyclic amines) is 1. The highest BCUT2D eigenvalue weighted by atomic mass is 32.1. The van der Waals surface area contributed by atoms with Crippen LogP contribution < -0.4 is 16.6 Å². The Morgan fingerprint density at radius 1 is 1.46 bits per heavy atom.